The second kappa shape index (κ2) is 4.09. The molecule has 0 amide bonds. The predicted molar refractivity (Wildman–Crippen MR) is 29.1 cm³/mol. The monoisotopic (exact) mass is 102 g/mol. The number of rotatable bonds is 3. The molecule has 0 saturated heterocycles. The van der Waals surface area contributed by atoms with Crippen LogP contribution in [0.3, 0.4) is 0 Å². The van der Waals surface area contributed by atoms with Crippen molar-refractivity contribution in [2.45, 2.75) is 20.1 Å². The summed E-state index contributed by atoms with van der Waals surface area (Å²) < 4.78 is 5.02. The third kappa shape index (κ3) is 3.76. The zero-order chi connectivity index (χ0) is 5.70. The lowest BCUT2D eigenvalue weighted by Gasteiger charge is -2.05. The van der Waals surface area contributed by atoms with Crippen molar-refractivity contribution in [1.82, 2.24) is 5.32 Å². The van der Waals surface area contributed by atoms with Gasteiger partial charge in [0, 0.05) is 13.7 Å². The van der Waals surface area contributed by atoms with E-state index in [4.69, 9.17) is 4.74 Å². The molecule has 0 bridgehead atoms. The molecule has 0 aliphatic carbocycles. The van der Waals surface area contributed by atoms with Crippen LogP contribution in [0.4, 0.5) is 0 Å². The van der Waals surface area contributed by atoms with E-state index < -0.39 is 0 Å². The van der Waals surface area contributed by atoms with Crippen molar-refractivity contribution in [3.8, 4) is 0 Å². The zero-order valence-electron chi connectivity index (χ0n) is 5.14. The Balaban J connectivity index is 2.83. The van der Waals surface area contributed by atoms with E-state index in [0.29, 0.717) is 0 Å². The second-order valence-electron chi connectivity index (χ2n) is 1.31. The molecule has 7 heavy (non-hydrogen) atoms. The Bertz CT molecular complexity index is 39.1. The fourth-order valence-electron chi connectivity index (χ4n) is 0.316. The maximum atomic E-state index is 5.02. The minimum absolute atomic E-state index is 0.0741. The van der Waals surface area contributed by atoms with Gasteiger partial charge in [-0.15, -0.1) is 0 Å². The zero-order valence-corrected chi connectivity index (χ0v) is 5.14. The smallest absolute Gasteiger partial charge is 0.120 e. The molecule has 0 heterocycles. The molecular formula is C5H12NO. The maximum Gasteiger partial charge on any atom is 0.120 e. The molecule has 0 aliphatic rings. The summed E-state index contributed by atoms with van der Waals surface area (Å²) in [6.45, 7) is 4.63. The van der Waals surface area contributed by atoms with Crippen LogP contribution >= 0.6 is 0 Å². The van der Waals surface area contributed by atoms with E-state index in [-0.39, 0.29) is 6.23 Å². The molecule has 0 aromatic carbocycles. The van der Waals surface area contributed by atoms with Crippen molar-refractivity contribution in [3.63, 3.8) is 0 Å². The minimum Gasteiger partial charge on any atom is -0.362 e. The topological polar surface area (TPSA) is 23.3 Å². The molecule has 0 aliphatic heterocycles. The fourth-order valence-corrected chi connectivity index (χ4v) is 0.316. The number of nitrogens with zero attached hydrogens (tertiary/aromatic N) is 1. The molecular weight excluding hydrogens is 90.1 g/mol. The summed E-state index contributed by atoms with van der Waals surface area (Å²) in [5, 5.41) is 3.86. The predicted octanol–water partition coefficient (Wildman–Crippen LogP) is 0.603. The van der Waals surface area contributed by atoms with Crippen LogP contribution in [-0.4, -0.2) is 19.9 Å². The van der Waals surface area contributed by atoms with Crippen LogP contribution in [0, 0.1) is 0 Å². The van der Waals surface area contributed by atoms with E-state index in [9.17, 15) is 0 Å². The van der Waals surface area contributed by atoms with Crippen molar-refractivity contribution < 1.29 is 4.74 Å². The van der Waals surface area contributed by atoms with Crippen LogP contribution in [0.25, 0.3) is 0 Å². The summed E-state index contributed by atoms with van der Waals surface area (Å²) in [5.41, 5.74) is 0. The highest BCUT2D eigenvalue weighted by molar-refractivity contribution is 4.35. The molecule has 0 spiro atoms. The summed E-state index contributed by atoms with van der Waals surface area (Å²) in [6, 6.07) is 0. The van der Waals surface area contributed by atoms with Crippen molar-refractivity contribution >= 4 is 0 Å². The van der Waals surface area contributed by atoms with Gasteiger partial charge in [0.15, 0.2) is 0 Å². The first-order chi connectivity index (χ1) is 3.31. The summed E-state index contributed by atoms with van der Waals surface area (Å²) in [7, 11) is 1.75. The van der Waals surface area contributed by atoms with Crippen LogP contribution in [-0.2, 0) is 4.74 Å². The Morgan fingerprint density at radius 3 is 2.43 bits per heavy atom. The number of hydrogen-bond donors (Lipinski definition) is 0. The van der Waals surface area contributed by atoms with Gasteiger partial charge in [0.25, 0.3) is 0 Å². The van der Waals surface area contributed by atoms with Crippen molar-refractivity contribution in [3.05, 3.63) is 0 Å². The van der Waals surface area contributed by atoms with Crippen LogP contribution in [0.2, 0.25) is 0 Å². The van der Waals surface area contributed by atoms with Crippen molar-refractivity contribution in [2.24, 2.45) is 0 Å². The second-order valence-corrected chi connectivity index (χ2v) is 1.31. The lowest BCUT2D eigenvalue weighted by Crippen LogP contribution is -2.17. The van der Waals surface area contributed by atoms with E-state index >= 15 is 0 Å². The van der Waals surface area contributed by atoms with Gasteiger partial charge in [0.05, 0.1) is 0 Å². The highest BCUT2D eigenvalue weighted by Gasteiger charge is 1.91. The van der Waals surface area contributed by atoms with Crippen molar-refractivity contribution in [2.75, 3.05) is 13.7 Å². The lowest BCUT2D eigenvalue weighted by molar-refractivity contribution is 0.0552. The van der Waals surface area contributed by atoms with Gasteiger partial charge in [-0.25, -0.2) is 5.32 Å². The maximum absolute atomic E-state index is 5.02. The summed E-state index contributed by atoms with van der Waals surface area (Å²) in [5.74, 6) is 0. The Kier molecular flexibility index (Phi) is 4.04. The Morgan fingerprint density at radius 1 is 1.71 bits per heavy atom. The van der Waals surface area contributed by atoms with E-state index in [1.165, 1.54) is 0 Å². The molecule has 0 rings (SSSR count). The van der Waals surface area contributed by atoms with Gasteiger partial charge < -0.3 is 4.74 Å². The Labute approximate surface area is 44.9 Å². The van der Waals surface area contributed by atoms with Gasteiger partial charge in [-0.1, -0.05) is 0 Å². The van der Waals surface area contributed by atoms with E-state index in [1.54, 1.807) is 7.05 Å². The number of ether oxygens (including phenoxy) is 1. The summed E-state index contributed by atoms with van der Waals surface area (Å²) in [6.07, 6.45) is 0.0741. The molecule has 2 heteroatoms. The average Bonchev–Trinajstić information content (AvgIpc) is 1.68. The molecule has 1 atom stereocenters. The van der Waals surface area contributed by atoms with E-state index in [0.717, 1.165) is 6.61 Å². The minimum atomic E-state index is 0.0741. The lowest BCUT2D eigenvalue weighted by atomic mass is 10.6. The van der Waals surface area contributed by atoms with Gasteiger partial charge in [-0.2, -0.15) is 0 Å². The first-order valence-electron chi connectivity index (χ1n) is 2.51. The average molecular weight is 102 g/mol. The Morgan fingerprint density at radius 2 is 2.29 bits per heavy atom. The molecule has 43 valence electrons. The third-order valence-electron chi connectivity index (χ3n) is 0.771. The normalized spacial score (nSPS) is 14.1. The van der Waals surface area contributed by atoms with E-state index in [1.807, 2.05) is 13.8 Å². The standard InChI is InChI=1S/C5H12NO/c1-4-7-5(2)6-3/h5H,4H2,1-3H3. The molecule has 0 aromatic heterocycles. The first kappa shape index (κ1) is 6.92. The highest BCUT2D eigenvalue weighted by atomic mass is 16.5. The quantitative estimate of drug-likeness (QED) is 0.512. The molecule has 0 aromatic rings. The van der Waals surface area contributed by atoms with Crippen LogP contribution in [0.1, 0.15) is 13.8 Å². The van der Waals surface area contributed by atoms with Crippen LogP contribution in [0.15, 0.2) is 0 Å². The Hall–Kier alpha value is -0.0800. The first-order valence-corrected chi connectivity index (χ1v) is 2.51. The molecule has 0 fully saturated rings. The molecule has 0 N–H and O–H groups in total. The van der Waals surface area contributed by atoms with Gasteiger partial charge >= 0.3 is 0 Å². The van der Waals surface area contributed by atoms with Gasteiger partial charge in [0.2, 0.25) is 0 Å². The molecule has 1 radical (unpaired) electrons. The largest absolute Gasteiger partial charge is 0.362 e. The van der Waals surface area contributed by atoms with Gasteiger partial charge in [-0.3, -0.25) is 0 Å². The van der Waals surface area contributed by atoms with Crippen LogP contribution in [0.5, 0.6) is 0 Å². The van der Waals surface area contributed by atoms with Crippen LogP contribution < -0.4 is 5.32 Å². The highest BCUT2D eigenvalue weighted by Crippen LogP contribution is 1.81. The molecule has 2 nitrogen and oxygen atoms in total. The number of hydrogen-bond acceptors (Lipinski definition) is 1. The third-order valence-corrected chi connectivity index (χ3v) is 0.771. The summed E-state index contributed by atoms with van der Waals surface area (Å²) in [4.78, 5) is 0. The van der Waals surface area contributed by atoms with Gasteiger partial charge in [0.1, 0.15) is 6.23 Å². The molecule has 0 saturated carbocycles. The molecule has 1 unspecified atom stereocenters. The fraction of sp³-hybridized carbons (Fsp3) is 1.00. The van der Waals surface area contributed by atoms with Crippen molar-refractivity contribution in [1.29, 1.82) is 0 Å². The van der Waals surface area contributed by atoms with Gasteiger partial charge in [-0.05, 0) is 13.8 Å². The van der Waals surface area contributed by atoms with E-state index in [2.05, 4.69) is 5.32 Å². The summed E-state index contributed by atoms with van der Waals surface area (Å²) >= 11 is 0. The SMILES string of the molecule is CCOC(C)[N]C.